The van der Waals surface area contributed by atoms with Crippen molar-refractivity contribution in [1.82, 2.24) is 4.98 Å². The summed E-state index contributed by atoms with van der Waals surface area (Å²) in [6.45, 7) is 0.543. The smallest absolute Gasteiger partial charge is 0.306 e. The van der Waals surface area contributed by atoms with Crippen molar-refractivity contribution < 1.29 is 19.0 Å². The van der Waals surface area contributed by atoms with Gasteiger partial charge in [-0.3, -0.25) is 4.79 Å². The molecule has 140 valence electrons. The lowest BCUT2D eigenvalue weighted by Gasteiger charge is -2.22. The van der Waals surface area contributed by atoms with Gasteiger partial charge in [0.15, 0.2) is 0 Å². The monoisotopic (exact) mass is 367 g/mol. The number of aliphatic carboxylic acids is 1. The highest BCUT2D eigenvalue weighted by Crippen LogP contribution is 2.36. The van der Waals surface area contributed by atoms with Gasteiger partial charge in [0.05, 0.1) is 13.0 Å². The predicted molar refractivity (Wildman–Crippen MR) is 101 cm³/mol. The summed E-state index contributed by atoms with van der Waals surface area (Å²) in [7, 11) is 0. The number of carboxylic acid groups (broad SMARTS) is 1. The third-order valence-electron chi connectivity index (χ3n) is 5.22. The van der Waals surface area contributed by atoms with Crippen molar-refractivity contribution in [2.75, 3.05) is 6.61 Å². The molecule has 1 aromatic heterocycles. The van der Waals surface area contributed by atoms with E-state index in [0.717, 1.165) is 42.5 Å². The normalized spacial score (nSPS) is 16.4. The molecule has 0 radical (unpaired) electrons. The molecule has 1 unspecified atom stereocenters. The van der Waals surface area contributed by atoms with Crippen LogP contribution in [0.2, 0.25) is 0 Å². The molecule has 0 spiro atoms. The second-order valence-electron chi connectivity index (χ2n) is 7.04. The van der Waals surface area contributed by atoms with E-state index in [9.17, 15) is 9.18 Å². The quantitative estimate of drug-likeness (QED) is 0.671. The first-order chi connectivity index (χ1) is 13.1. The predicted octanol–water partition coefficient (Wildman–Crippen LogP) is 4.57. The number of hydrogen-bond donors (Lipinski definition) is 2. The Hall–Kier alpha value is -2.66. The number of ether oxygens (including phenoxy) is 1. The minimum atomic E-state index is -0.856. The van der Waals surface area contributed by atoms with E-state index in [-0.39, 0.29) is 12.2 Å². The fourth-order valence-corrected chi connectivity index (χ4v) is 4.00. The number of aromatic nitrogens is 1. The highest BCUT2D eigenvalue weighted by atomic mass is 19.1. The first-order valence-electron chi connectivity index (χ1n) is 9.32. The molecule has 0 amide bonds. The highest BCUT2D eigenvalue weighted by molar-refractivity contribution is 5.88. The Bertz CT molecular complexity index is 962. The van der Waals surface area contributed by atoms with Crippen molar-refractivity contribution in [3.05, 3.63) is 70.7 Å². The second-order valence-corrected chi connectivity index (χ2v) is 7.04. The van der Waals surface area contributed by atoms with E-state index in [4.69, 9.17) is 9.84 Å². The van der Waals surface area contributed by atoms with E-state index in [1.54, 1.807) is 0 Å². The zero-order valence-electron chi connectivity index (χ0n) is 15.0. The van der Waals surface area contributed by atoms with Crippen molar-refractivity contribution >= 4 is 16.9 Å². The molecular weight excluding hydrogens is 345 g/mol. The van der Waals surface area contributed by atoms with E-state index >= 15 is 0 Å². The van der Waals surface area contributed by atoms with Crippen LogP contribution >= 0.6 is 0 Å². The fraction of sp³-hybridized carbons (Fsp3) is 0.318. The number of aromatic amines is 1. The van der Waals surface area contributed by atoms with Gasteiger partial charge in [0.1, 0.15) is 11.9 Å². The minimum absolute atomic E-state index is 0.0281. The van der Waals surface area contributed by atoms with Crippen molar-refractivity contribution in [2.24, 2.45) is 0 Å². The topological polar surface area (TPSA) is 62.3 Å². The molecule has 5 heteroatoms. The van der Waals surface area contributed by atoms with Crippen LogP contribution in [-0.2, 0) is 28.8 Å². The number of rotatable bonds is 6. The first kappa shape index (κ1) is 17.7. The van der Waals surface area contributed by atoms with Gasteiger partial charge >= 0.3 is 5.97 Å². The van der Waals surface area contributed by atoms with Gasteiger partial charge in [-0.1, -0.05) is 24.3 Å². The van der Waals surface area contributed by atoms with Gasteiger partial charge in [0.2, 0.25) is 0 Å². The van der Waals surface area contributed by atoms with E-state index in [1.807, 2.05) is 24.3 Å². The number of nitrogens with one attached hydrogen (secondary N) is 1. The molecule has 4 nitrogen and oxygen atoms in total. The summed E-state index contributed by atoms with van der Waals surface area (Å²) in [5.41, 5.74) is 5.54. The largest absolute Gasteiger partial charge is 0.481 e. The van der Waals surface area contributed by atoms with Gasteiger partial charge in [-0.25, -0.2) is 4.39 Å². The number of aryl methyl sites for hydroxylation is 2. The molecule has 1 aliphatic rings. The van der Waals surface area contributed by atoms with Crippen molar-refractivity contribution in [3.63, 3.8) is 0 Å². The van der Waals surface area contributed by atoms with E-state index < -0.39 is 12.1 Å². The van der Waals surface area contributed by atoms with Crippen LogP contribution in [-0.4, -0.2) is 22.7 Å². The van der Waals surface area contributed by atoms with Crippen LogP contribution in [0.3, 0.4) is 0 Å². The summed E-state index contributed by atoms with van der Waals surface area (Å²) in [5.74, 6) is -1.06. The second kappa shape index (κ2) is 7.53. The number of H-pyrrole nitrogens is 1. The summed E-state index contributed by atoms with van der Waals surface area (Å²) in [6, 6.07) is 12.9. The van der Waals surface area contributed by atoms with Crippen LogP contribution < -0.4 is 0 Å². The van der Waals surface area contributed by atoms with Crippen molar-refractivity contribution in [3.8, 4) is 0 Å². The minimum Gasteiger partial charge on any atom is -0.481 e. The van der Waals surface area contributed by atoms with Crippen LogP contribution in [0, 0.1) is 5.82 Å². The van der Waals surface area contributed by atoms with Gasteiger partial charge in [-0.15, -0.1) is 0 Å². The van der Waals surface area contributed by atoms with Crippen LogP contribution in [0.15, 0.2) is 42.5 Å². The maximum Gasteiger partial charge on any atom is 0.306 e. The molecule has 2 aromatic carbocycles. The molecule has 2 N–H and O–H groups in total. The first-order valence-corrected chi connectivity index (χ1v) is 9.32. The number of benzene rings is 2. The lowest BCUT2D eigenvalue weighted by atomic mass is 9.95. The van der Waals surface area contributed by atoms with Gasteiger partial charge in [-0.05, 0) is 60.6 Å². The molecule has 2 heterocycles. The molecule has 0 bridgehead atoms. The molecule has 0 saturated heterocycles. The van der Waals surface area contributed by atoms with Crippen molar-refractivity contribution in [2.45, 2.75) is 38.2 Å². The summed E-state index contributed by atoms with van der Waals surface area (Å²) >= 11 is 0. The van der Waals surface area contributed by atoms with Gasteiger partial charge < -0.3 is 14.8 Å². The Kier molecular flexibility index (Phi) is 4.94. The number of halogens is 1. The third kappa shape index (κ3) is 3.74. The molecule has 4 rings (SSSR count). The lowest BCUT2D eigenvalue weighted by Crippen LogP contribution is -2.18. The molecule has 0 fully saturated rings. The standard InChI is InChI=1S/C22H22FNO3/c23-16-9-7-14(8-10-16)3-1-4-15-5-2-6-18-21(15)17-11-12-27-19(13-20(25)26)22(17)24-18/h2,5-10,19,24H,1,3-4,11-13H2,(H,25,26). The van der Waals surface area contributed by atoms with Gasteiger partial charge in [-0.2, -0.15) is 0 Å². The van der Waals surface area contributed by atoms with Crippen LogP contribution in [0.25, 0.3) is 10.9 Å². The van der Waals surface area contributed by atoms with Crippen LogP contribution in [0.4, 0.5) is 4.39 Å². The lowest BCUT2D eigenvalue weighted by molar-refractivity contribution is -0.140. The van der Waals surface area contributed by atoms with Crippen LogP contribution in [0.5, 0.6) is 0 Å². The third-order valence-corrected chi connectivity index (χ3v) is 5.22. The van der Waals surface area contributed by atoms with E-state index in [2.05, 4.69) is 11.1 Å². The Morgan fingerprint density at radius 3 is 2.78 bits per heavy atom. The number of fused-ring (bicyclic) bond motifs is 3. The number of hydrogen-bond acceptors (Lipinski definition) is 2. The summed E-state index contributed by atoms with van der Waals surface area (Å²) in [5, 5.41) is 10.4. The molecule has 1 atom stereocenters. The molecule has 0 aliphatic carbocycles. The zero-order chi connectivity index (χ0) is 18.8. The van der Waals surface area contributed by atoms with E-state index in [0.29, 0.717) is 6.61 Å². The highest BCUT2D eigenvalue weighted by Gasteiger charge is 2.27. The Morgan fingerprint density at radius 2 is 2.00 bits per heavy atom. The molecule has 3 aromatic rings. The fourth-order valence-electron chi connectivity index (χ4n) is 4.00. The maximum atomic E-state index is 13.0. The average molecular weight is 367 g/mol. The van der Waals surface area contributed by atoms with Crippen LogP contribution in [0.1, 0.15) is 41.3 Å². The SMILES string of the molecule is O=C(O)CC1OCCc2c1[nH]c1cccc(CCCc3ccc(F)cc3)c21. The van der Waals surface area contributed by atoms with Crippen molar-refractivity contribution in [1.29, 1.82) is 0 Å². The van der Waals surface area contributed by atoms with Gasteiger partial charge in [0.25, 0.3) is 0 Å². The number of carboxylic acids is 1. The Balaban J connectivity index is 1.57. The van der Waals surface area contributed by atoms with Gasteiger partial charge in [0, 0.05) is 16.6 Å². The Labute approximate surface area is 157 Å². The zero-order valence-corrected chi connectivity index (χ0v) is 15.0. The average Bonchev–Trinajstić information content (AvgIpc) is 3.04. The maximum absolute atomic E-state index is 13.0. The molecule has 27 heavy (non-hydrogen) atoms. The molecule has 0 saturated carbocycles. The molecular formula is C22H22FNO3. The van der Waals surface area contributed by atoms with E-state index in [1.165, 1.54) is 28.6 Å². The Morgan fingerprint density at radius 1 is 1.19 bits per heavy atom. The number of carbonyl (C=O) groups is 1. The molecule has 1 aliphatic heterocycles. The summed E-state index contributed by atoms with van der Waals surface area (Å²) < 4.78 is 18.7. The summed E-state index contributed by atoms with van der Waals surface area (Å²) in [4.78, 5) is 14.5. The summed E-state index contributed by atoms with van der Waals surface area (Å²) in [6.07, 6.45) is 3.14.